The van der Waals surface area contributed by atoms with Crippen molar-refractivity contribution < 1.29 is 13.2 Å². The quantitative estimate of drug-likeness (QED) is 0.700. The van der Waals surface area contributed by atoms with Gasteiger partial charge in [0, 0.05) is 36.6 Å². The summed E-state index contributed by atoms with van der Waals surface area (Å²) in [6.07, 6.45) is 3.08. The predicted octanol–water partition coefficient (Wildman–Crippen LogP) is 2.56. The monoisotopic (exact) mass is 390 g/mol. The molecule has 0 saturated carbocycles. The summed E-state index contributed by atoms with van der Waals surface area (Å²) in [6.45, 7) is 1.84. The number of halogens is 1. The minimum atomic E-state index is -3.17. The van der Waals surface area contributed by atoms with Gasteiger partial charge < -0.3 is 4.90 Å². The molecule has 1 saturated heterocycles. The first kappa shape index (κ1) is 19.6. The van der Waals surface area contributed by atoms with Gasteiger partial charge >= 0.3 is 0 Å². The number of thioether (sulfide) groups is 1. The fraction of sp³-hybridized carbons (Fsp3) is 0.562. The maximum Gasteiger partial charge on any atom is 0.232 e. The van der Waals surface area contributed by atoms with E-state index in [1.165, 1.54) is 22.3 Å². The molecular weight excluding hydrogens is 368 g/mol. The first-order valence-electron chi connectivity index (χ1n) is 7.83. The van der Waals surface area contributed by atoms with E-state index in [0.717, 1.165) is 24.3 Å². The van der Waals surface area contributed by atoms with Crippen LogP contribution in [-0.2, 0) is 14.8 Å². The average molecular weight is 391 g/mol. The normalized spacial score (nSPS) is 18.8. The minimum Gasteiger partial charge on any atom is -0.342 e. The van der Waals surface area contributed by atoms with Gasteiger partial charge in [-0.05, 0) is 43.0 Å². The Balaban J connectivity index is 1.84. The van der Waals surface area contributed by atoms with Crippen LogP contribution in [-0.4, -0.2) is 62.2 Å². The number of sulfonamides is 1. The lowest BCUT2D eigenvalue weighted by Crippen LogP contribution is -2.44. The summed E-state index contributed by atoms with van der Waals surface area (Å²) in [5, 5.41) is 0.680. The van der Waals surface area contributed by atoms with Gasteiger partial charge in [-0.3, -0.25) is 4.79 Å². The third kappa shape index (κ3) is 5.95. The summed E-state index contributed by atoms with van der Waals surface area (Å²) in [4.78, 5) is 15.3. The molecule has 1 aromatic rings. The molecule has 1 unspecified atom stereocenters. The van der Waals surface area contributed by atoms with E-state index in [0.29, 0.717) is 23.9 Å². The molecule has 1 amide bonds. The zero-order valence-corrected chi connectivity index (χ0v) is 16.3. The summed E-state index contributed by atoms with van der Waals surface area (Å²) >= 11 is 7.35. The molecule has 1 heterocycles. The predicted molar refractivity (Wildman–Crippen MR) is 99.0 cm³/mol. The molecule has 8 heteroatoms. The van der Waals surface area contributed by atoms with Crippen molar-refractivity contribution in [3.8, 4) is 0 Å². The molecule has 0 spiro atoms. The van der Waals surface area contributed by atoms with Crippen LogP contribution in [0.1, 0.15) is 12.8 Å². The average Bonchev–Trinajstić information content (AvgIpc) is 2.53. The molecular formula is C16H23ClN2O3S2. The van der Waals surface area contributed by atoms with Crippen molar-refractivity contribution in [2.45, 2.75) is 17.7 Å². The number of rotatable bonds is 6. The molecule has 24 heavy (non-hydrogen) atoms. The second-order valence-corrected chi connectivity index (χ2v) is 9.71. The number of hydrogen-bond donors (Lipinski definition) is 0. The van der Waals surface area contributed by atoms with E-state index >= 15 is 0 Å². The van der Waals surface area contributed by atoms with Crippen LogP contribution in [0, 0.1) is 5.92 Å². The highest BCUT2D eigenvalue weighted by atomic mass is 35.5. The van der Waals surface area contributed by atoms with E-state index < -0.39 is 10.0 Å². The Kier molecular flexibility index (Phi) is 6.98. The van der Waals surface area contributed by atoms with Crippen molar-refractivity contribution in [2.24, 2.45) is 5.92 Å². The number of hydrogen-bond acceptors (Lipinski definition) is 4. The van der Waals surface area contributed by atoms with Crippen LogP contribution in [0.2, 0.25) is 5.02 Å². The van der Waals surface area contributed by atoms with Crippen molar-refractivity contribution in [2.75, 3.05) is 38.7 Å². The molecule has 5 nitrogen and oxygen atoms in total. The third-order valence-corrected chi connectivity index (χ3v) is 6.66. The Morgan fingerprint density at radius 2 is 2.04 bits per heavy atom. The van der Waals surface area contributed by atoms with Crippen LogP contribution in [0.25, 0.3) is 0 Å². The maximum absolute atomic E-state index is 12.4. The van der Waals surface area contributed by atoms with Gasteiger partial charge in [-0.25, -0.2) is 12.7 Å². The molecule has 134 valence electrons. The number of piperidine rings is 1. The van der Waals surface area contributed by atoms with Crippen LogP contribution >= 0.6 is 23.4 Å². The SMILES string of the molecule is CN(CC1CCCN(C(=O)CSc2ccc(Cl)cc2)C1)S(C)(=O)=O. The number of likely N-dealkylation sites (tertiary alicyclic amines) is 1. The number of nitrogens with zero attached hydrogens (tertiary/aromatic N) is 2. The smallest absolute Gasteiger partial charge is 0.232 e. The van der Waals surface area contributed by atoms with E-state index in [1.54, 1.807) is 7.05 Å². The van der Waals surface area contributed by atoms with Crippen LogP contribution in [0.3, 0.4) is 0 Å². The lowest BCUT2D eigenvalue weighted by Gasteiger charge is -2.34. The highest BCUT2D eigenvalue weighted by Crippen LogP contribution is 2.23. The lowest BCUT2D eigenvalue weighted by molar-refractivity contribution is -0.130. The van der Waals surface area contributed by atoms with Crippen LogP contribution in [0.4, 0.5) is 0 Å². The highest BCUT2D eigenvalue weighted by Gasteiger charge is 2.26. The summed E-state index contributed by atoms with van der Waals surface area (Å²) < 4.78 is 24.4. The van der Waals surface area contributed by atoms with Crippen LogP contribution in [0.5, 0.6) is 0 Å². The molecule has 1 aliphatic heterocycles. The largest absolute Gasteiger partial charge is 0.342 e. The first-order valence-corrected chi connectivity index (χ1v) is 11.0. The maximum atomic E-state index is 12.4. The summed E-state index contributed by atoms with van der Waals surface area (Å²) in [6, 6.07) is 7.43. The van der Waals surface area contributed by atoms with E-state index in [-0.39, 0.29) is 11.8 Å². The number of benzene rings is 1. The van der Waals surface area contributed by atoms with Gasteiger partial charge in [0.15, 0.2) is 0 Å². The first-order chi connectivity index (χ1) is 11.3. The topological polar surface area (TPSA) is 57.7 Å². The lowest BCUT2D eigenvalue weighted by atomic mass is 9.98. The van der Waals surface area contributed by atoms with Gasteiger partial charge in [-0.2, -0.15) is 0 Å². The Morgan fingerprint density at radius 1 is 1.38 bits per heavy atom. The van der Waals surface area contributed by atoms with Gasteiger partial charge in [0.2, 0.25) is 15.9 Å². The molecule has 1 atom stereocenters. The van der Waals surface area contributed by atoms with E-state index in [1.807, 2.05) is 29.2 Å². The van der Waals surface area contributed by atoms with Crippen molar-refractivity contribution in [1.82, 2.24) is 9.21 Å². The molecule has 0 bridgehead atoms. The molecule has 0 N–H and O–H groups in total. The van der Waals surface area contributed by atoms with Crippen molar-refractivity contribution in [3.63, 3.8) is 0 Å². The Bertz CT molecular complexity index is 664. The second-order valence-electron chi connectivity index (χ2n) is 6.13. The highest BCUT2D eigenvalue weighted by molar-refractivity contribution is 8.00. The molecule has 1 aliphatic rings. The van der Waals surface area contributed by atoms with Crippen molar-refractivity contribution in [3.05, 3.63) is 29.3 Å². The van der Waals surface area contributed by atoms with E-state index in [9.17, 15) is 13.2 Å². The van der Waals surface area contributed by atoms with Crippen LogP contribution < -0.4 is 0 Å². The van der Waals surface area contributed by atoms with Crippen LogP contribution in [0.15, 0.2) is 29.2 Å². The standard InChI is InChI=1S/C16H23ClN2O3S2/c1-18(24(2,21)22)10-13-4-3-9-19(11-13)16(20)12-23-15-7-5-14(17)6-8-15/h5-8,13H,3-4,9-12H2,1-2H3. The van der Waals surface area contributed by atoms with Gasteiger partial charge in [0.1, 0.15) is 0 Å². The van der Waals surface area contributed by atoms with Gasteiger partial charge in [-0.15, -0.1) is 11.8 Å². The number of amides is 1. The van der Waals surface area contributed by atoms with E-state index in [4.69, 9.17) is 11.6 Å². The van der Waals surface area contributed by atoms with Gasteiger partial charge in [0.25, 0.3) is 0 Å². The number of carbonyl (C=O) groups excluding carboxylic acids is 1. The Hall–Kier alpha value is -0.760. The summed E-state index contributed by atoms with van der Waals surface area (Å²) in [5.74, 6) is 0.681. The molecule has 0 aliphatic carbocycles. The summed E-state index contributed by atoms with van der Waals surface area (Å²) in [5.41, 5.74) is 0. The van der Waals surface area contributed by atoms with E-state index in [2.05, 4.69) is 0 Å². The Morgan fingerprint density at radius 3 is 2.67 bits per heavy atom. The van der Waals surface area contributed by atoms with Gasteiger partial charge in [0.05, 0.1) is 12.0 Å². The molecule has 1 fully saturated rings. The van der Waals surface area contributed by atoms with Crippen molar-refractivity contribution in [1.29, 1.82) is 0 Å². The molecule has 0 aromatic heterocycles. The zero-order valence-electron chi connectivity index (χ0n) is 13.9. The molecule has 0 radical (unpaired) electrons. The summed E-state index contributed by atoms with van der Waals surface area (Å²) in [7, 11) is -1.58. The molecule has 1 aromatic carbocycles. The minimum absolute atomic E-state index is 0.0988. The third-order valence-electron chi connectivity index (χ3n) is 4.13. The van der Waals surface area contributed by atoms with Gasteiger partial charge in [-0.1, -0.05) is 11.6 Å². The fourth-order valence-electron chi connectivity index (χ4n) is 2.71. The number of carbonyl (C=O) groups is 1. The zero-order chi connectivity index (χ0) is 17.7. The molecule has 2 rings (SSSR count). The van der Waals surface area contributed by atoms with Crippen molar-refractivity contribution >= 4 is 39.3 Å². The fourth-order valence-corrected chi connectivity index (χ4v) is 4.12. The second kappa shape index (κ2) is 8.56. The Labute approximate surface area is 153 Å².